The number of para-hydroxylation sites is 1. The zero-order valence-corrected chi connectivity index (χ0v) is 17.0. The van der Waals surface area contributed by atoms with Gasteiger partial charge in [0.15, 0.2) is 0 Å². The summed E-state index contributed by atoms with van der Waals surface area (Å²) in [4.78, 5) is 12.6. The first-order valence-corrected chi connectivity index (χ1v) is 11.0. The largest absolute Gasteiger partial charge is 0.325 e. The van der Waals surface area contributed by atoms with E-state index in [4.69, 9.17) is 0 Å². The number of nitrogens with zero attached hydrogens (tertiary/aromatic N) is 1. The predicted octanol–water partition coefficient (Wildman–Crippen LogP) is 3.77. The molecule has 3 rings (SSSR count). The van der Waals surface area contributed by atoms with Crippen LogP contribution in [-0.4, -0.2) is 31.7 Å². The molecule has 1 atom stereocenters. The van der Waals surface area contributed by atoms with E-state index < -0.39 is 21.8 Å². The molecule has 0 unspecified atom stereocenters. The van der Waals surface area contributed by atoms with Crippen molar-refractivity contribution in [1.82, 2.24) is 4.31 Å². The lowest BCUT2D eigenvalue weighted by Gasteiger charge is -2.31. The molecule has 8 heteroatoms. The van der Waals surface area contributed by atoms with Gasteiger partial charge in [-0.05, 0) is 58.6 Å². The van der Waals surface area contributed by atoms with E-state index in [0.29, 0.717) is 30.6 Å². The van der Waals surface area contributed by atoms with Crippen molar-refractivity contribution in [2.24, 2.45) is 5.92 Å². The van der Waals surface area contributed by atoms with Crippen molar-refractivity contribution in [2.75, 3.05) is 18.4 Å². The Morgan fingerprint density at radius 2 is 1.89 bits per heavy atom. The van der Waals surface area contributed by atoms with Crippen molar-refractivity contribution < 1.29 is 17.6 Å². The zero-order valence-electron chi connectivity index (χ0n) is 14.6. The monoisotopic (exact) mass is 454 g/mol. The minimum atomic E-state index is -3.58. The topological polar surface area (TPSA) is 66.5 Å². The average molecular weight is 455 g/mol. The highest BCUT2D eigenvalue weighted by molar-refractivity contribution is 9.10. The zero-order chi connectivity index (χ0) is 19.4. The minimum absolute atomic E-state index is 0.153. The van der Waals surface area contributed by atoms with Gasteiger partial charge < -0.3 is 5.32 Å². The molecule has 0 aliphatic carbocycles. The molecule has 1 aliphatic rings. The van der Waals surface area contributed by atoms with Gasteiger partial charge in [0.2, 0.25) is 15.9 Å². The fourth-order valence-electron chi connectivity index (χ4n) is 3.09. The second-order valence-electron chi connectivity index (χ2n) is 6.55. The van der Waals surface area contributed by atoms with Crippen LogP contribution in [0.1, 0.15) is 18.4 Å². The van der Waals surface area contributed by atoms with Crippen LogP contribution in [0.3, 0.4) is 0 Å². The van der Waals surface area contributed by atoms with Crippen LogP contribution in [0.4, 0.5) is 10.1 Å². The number of rotatable bonds is 5. The van der Waals surface area contributed by atoms with Crippen LogP contribution >= 0.6 is 15.9 Å². The van der Waals surface area contributed by atoms with Gasteiger partial charge in [-0.25, -0.2) is 17.1 Å². The van der Waals surface area contributed by atoms with Crippen LogP contribution in [-0.2, 0) is 20.6 Å². The number of piperidine rings is 1. The quantitative estimate of drug-likeness (QED) is 0.747. The summed E-state index contributed by atoms with van der Waals surface area (Å²) in [5, 5.41) is 2.86. The van der Waals surface area contributed by atoms with Crippen molar-refractivity contribution in [2.45, 2.75) is 18.6 Å². The van der Waals surface area contributed by atoms with E-state index in [-0.39, 0.29) is 18.2 Å². The molecule has 1 fully saturated rings. The number of amides is 1. The second kappa shape index (κ2) is 8.50. The molecule has 2 aromatic carbocycles. The molecule has 0 aromatic heterocycles. The molecule has 2 aromatic rings. The van der Waals surface area contributed by atoms with E-state index in [2.05, 4.69) is 21.2 Å². The number of anilines is 1. The lowest BCUT2D eigenvalue weighted by molar-refractivity contribution is -0.120. The molecule has 1 N–H and O–H groups in total. The number of sulfonamides is 1. The minimum Gasteiger partial charge on any atom is -0.325 e. The molecule has 144 valence electrons. The Hall–Kier alpha value is -1.77. The highest BCUT2D eigenvalue weighted by Crippen LogP contribution is 2.25. The normalized spacial score (nSPS) is 18.2. The summed E-state index contributed by atoms with van der Waals surface area (Å²) in [5.41, 5.74) is 1.19. The lowest BCUT2D eigenvalue weighted by Crippen LogP contribution is -2.44. The van der Waals surface area contributed by atoms with Crippen LogP contribution < -0.4 is 5.32 Å². The number of benzene rings is 2. The van der Waals surface area contributed by atoms with Gasteiger partial charge in [-0.15, -0.1) is 0 Å². The fourth-order valence-corrected chi connectivity index (χ4v) is 5.08. The van der Waals surface area contributed by atoms with Crippen molar-refractivity contribution >= 4 is 37.5 Å². The highest BCUT2D eigenvalue weighted by atomic mass is 79.9. The number of hydrogen-bond donors (Lipinski definition) is 1. The van der Waals surface area contributed by atoms with Gasteiger partial charge >= 0.3 is 0 Å². The molecule has 1 saturated heterocycles. The van der Waals surface area contributed by atoms with Crippen LogP contribution in [0.5, 0.6) is 0 Å². The Bertz CT molecular complexity index is 919. The van der Waals surface area contributed by atoms with Crippen molar-refractivity contribution in [3.8, 4) is 0 Å². The third-order valence-corrected chi connectivity index (χ3v) is 7.05. The van der Waals surface area contributed by atoms with Crippen LogP contribution in [0.25, 0.3) is 0 Å². The Kier molecular flexibility index (Phi) is 6.29. The summed E-state index contributed by atoms with van der Waals surface area (Å²) in [6.07, 6.45) is 1.26. The molecule has 0 radical (unpaired) electrons. The standard InChI is InChI=1S/C19H20BrFN2O3S/c20-17-5-1-2-6-18(17)22-19(24)15-4-3-11-23(12-15)27(25,26)13-14-7-9-16(21)10-8-14/h1-2,5-10,15H,3-4,11-13H2,(H,22,24)/t15-/m0/s1. The lowest BCUT2D eigenvalue weighted by atomic mass is 9.99. The van der Waals surface area contributed by atoms with Crippen molar-refractivity contribution in [1.29, 1.82) is 0 Å². The molecule has 1 heterocycles. The van der Waals surface area contributed by atoms with Crippen LogP contribution in [0.15, 0.2) is 53.0 Å². The van der Waals surface area contributed by atoms with E-state index in [9.17, 15) is 17.6 Å². The highest BCUT2D eigenvalue weighted by Gasteiger charge is 2.32. The predicted molar refractivity (Wildman–Crippen MR) is 106 cm³/mol. The Morgan fingerprint density at radius 3 is 2.59 bits per heavy atom. The van der Waals surface area contributed by atoms with E-state index in [1.807, 2.05) is 18.2 Å². The first kappa shape index (κ1) is 20.0. The van der Waals surface area contributed by atoms with Crippen LogP contribution in [0, 0.1) is 11.7 Å². The Morgan fingerprint density at radius 1 is 1.19 bits per heavy atom. The molecule has 1 aliphatic heterocycles. The van der Waals surface area contributed by atoms with Crippen LogP contribution in [0.2, 0.25) is 0 Å². The van der Waals surface area contributed by atoms with E-state index in [1.54, 1.807) is 6.07 Å². The number of carbonyl (C=O) groups excluding carboxylic acids is 1. The number of halogens is 2. The molecule has 27 heavy (non-hydrogen) atoms. The Labute approximate surface area is 166 Å². The maximum atomic E-state index is 13.0. The molecular formula is C19H20BrFN2O3S. The summed E-state index contributed by atoms with van der Waals surface area (Å²) < 4.78 is 40.6. The van der Waals surface area contributed by atoms with Gasteiger partial charge in [0.25, 0.3) is 0 Å². The third kappa shape index (κ3) is 5.15. The molecule has 5 nitrogen and oxygen atoms in total. The van der Waals surface area contributed by atoms with Gasteiger partial charge in [0.1, 0.15) is 5.82 Å². The van der Waals surface area contributed by atoms with E-state index in [1.165, 1.54) is 28.6 Å². The maximum Gasteiger partial charge on any atom is 0.228 e. The first-order valence-electron chi connectivity index (χ1n) is 8.63. The van der Waals surface area contributed by atoms with Crippen molar-refractivity contribution in [3.63, 3.8) is 0 Å². The molecule has 0 bridgehead atoms. The second-order valence-corrected chi connectivity index (χ2v) is 9.37. The van der Waals surface area contributed by atoms with Gasteiger partial charge in [-0.2, -0.15) is 0 Å². The average Bonchev–Trinajstić information content (AvgIpc) is 2.65. The van der Waals surface area contributed by atoms with E-state index in [0.717, 1.165) is 4.47 Å². The SMILES string of the molecule is O=C(Nc1ccccc1Br)[C@H]1CCCN(S(=O)(=O)Cc2ccc(F)cc2)C1. The molecule has 1 amide bonds. The number of nitrogens with one attached hydrogen (secondary N) is 1. The number of carbonyl (C=O) groups is 1. The van der Waals surface area contributed by atoms with Gasteiger partial charge in [0.05, 0.1) is 17.4 Å². The smallest absolute Gasteiger partial charge is 0.228 e. The fraction of sp³-hybridized carbons (Fsp3) is 0.316. The summed E-state index contributed by atoms with van der Waals surface area (Å²) in [6, 6.07) is 12.7. The van der Waals surface area contributed by atoms with E-state index >= 15 is 0 Å². The van der Waals surface area contributed by atoms with Gasteiger partial charge in [0, 0.05) is 17.6 Å². The van der Waals surface area contributed by atoms with Gasteiger partial charge in [-0.1, -0.05) is 24.3 Å². The van der Waals surface area contributed by atoms with Gasteiger partial charge in [-0.3, -0.25) is 4.79 Å². The Balaban J connectivity index is 1.66. The maximum absolute atomic E-state index is 13.0. The number of hydrogen-bond acceptors (Lipinski definition) is 3. The summed E-state index contributed by atoms with van der Waals surface area (Å²) >= 11 is 3.39. The molecular weight excluding hydrogens is 435 g/mol. The summed E-state index contributed by atoms with van der Waals surface area (Å²) in [5.74, 6) is -1.21. The molecule has 0 saturated carbocycles. The summed E-state index contributed by atoms with van der Waals surface area (Å²) in [7, 11) is -3.58. The third-order valence-electron chi connectivity index (χ3n) is 4.54. The molecule has 0 spiro atoms. The van der Waals surface area contributed by atoms with Crippen molar-refractivity contribution in [3.05, 3.63) is 64.4 Å². The first-order chi connectivity index (χ1) is 12.8. The summed E-state index contributed by atoms with van der Waals surface area (Å²) in [6.45, 7) is 0.544.